The fourth-order valence-corrected chi connectivity index (χ4v) is 5.97. The van der Waals surface area contributed by atoms with Gasteiger partial charge in [-0.3, -0.25) is 19.8 Å². The van der Waals surface area contributed by atoms with Gasteiger partial charge in [0.2, 0.25) is 0 Å². The fraction of sp³-hybridized carbons (Fsp3) is 0.125. The molecule has 0 aliphatic carbocycles. The SMILES string of the molecule is COc1cc(/C=C2\SC(=Nc3ccc(C)cc3)N(c3ccc(C)cc3)C2=O)cc(I)c1OCc1ccc([N+](=O)[O-])cc1. The van der Waals surface area contributed by atoms with Crippen LogP contribution in [0.4, 0.5) is 17.1 Å². The zero-order valence-electron chi connectivity index (χ0n) is 23.0. The second kappa shape index (κ2) is 12.8. The summed E-state index contributed by atoms with van der Waals surface area (Å²) in [7, 11) is 1.56. The van der Waals surface area contributed by atoms with Crippen molar-refractivity contribution in [2.75, 3.05) is 12.0 Å². The number of nitro groups is 1. The molecule has 1 aliphatic heterocycles. The lowest BCUT2D eigenvalue weighted by atomic mass is 10.1. The summed E-state index contributed by atoms with van der Waals surface area (Å²) in [5.41, 5.74) is 5.33. The van der Waals surface area contributed by atoms with Crippen molar-refractivity contribution in [1.29, 1.82) is 0 Å². The zero-order chi connectivity index (χ0) is 29.8. The Bertz CT molecular complexity index is 1700. The fourth-order valence-electron chi connectivity index (χ4n) is 4.18. The number of halogens is 1. The van der Waals surface area contributed by atoms with E-state index in [0.29, 0.717) is 21.6 Å². The molecule has 1 saturated heterocycles. The molecule has 0 saturated carbocycles. The van der Waals surface area contributed by atoms with Crippen molar-refractivity contribution in [3.05, 3.63) is 126 Å². The van der Waals surface area contributed by atoms with Gasteiger partial charge in [0.15, 0.2) is 16.7 Å². The van der Waals surface area contributed by atoms with Crippen molar-refractivity contribution in [2.45, 2.75) is 20.5 Å². The molecule has 0 bridgehead atoms. The van der Waals surface area contributed by atoms with Gasteiger partial charge in [0.25, 0.3) is 11.6 Å². The minimum atomic E-state index is -0.436. The molecule has 1 aliphatic rings. The number of methoxy groups -OCH3 is 1. The van der Waals surface area contributed by atoms with Gasteiger partial charge in [-0.25, -0.2) is 4.99 Å². The Morgan fingerprint density at radius 2 is 1.62 bits per heavy atom. The van der Waals surface area contributed by atoms with E-state index in [0.717, 1.165) is 37.2 Å². The van der Waals surface area contributed by atoms with E-state index in [1.54, 1.807) is 24.1 Å². The molecule has 212 valence electrons. The number of aliphatic imine (C=N–C) groups is 1. The van der Waals surface area contributed by atoms with E-state index in [2.05, 4.69) is 22.6 Å². The lowest BCUT2D eigenvalue weighted by Gasteiger charge is -2.16. The molecule has 0 aromatic heterocycles. The summed E-state index contributed by atoms with van der Waals surface area (Å²) >= 11 is 3.49. The summed E-state index contributed by atoms with van der Waals surface area (Å²) in [6.45, 7) is 4.24. The van der Waals surface area contributed by atoms with Crippen molar-refractivity contribution >= 4 is 68.6 Å². The van der Waals surface area contributed by atoms with Crippen molar-refractivity contribution < 1.29 is 19.2 Å². The highest BCUT2D eigenvalue weighted by Crippen LogP contribution is 2.40. The third-order valence-corrected chi connectivity index (χ3v) is 8.21. The van der Waals surface area contributed by atoms with Gasteiger partial charge in [0.05, 0.1) is 31.9 Å². The lowest BCUT2D eigenvalue weighted by molar-refractivity contribution is -0.384. The third kappa shape index (κ3) is 6.66. The molecule has 0 spiro atoms. The molecule has 0 N–H and O–H groups in total. The number of aryl methyl sites for hydroxylation is 2. The molecule has 4 aromatic carbocycles. The molecule has 5 rings (SSSR count). The summed E-state index contributed by atoms with van der Waals surface area (Å²) in [4.78, 5) is 31.2. The van der Waals surface area contributed by atoms with E-state index >= 15 is 0 Å². The van der Waals surface area contributed by atoms with Gasteiger partial charge >= 0.3 is 0 Å². The Morgan fingerprint density at radius 1 is 0.976 bits per heavy atom. The molecule has 10 heteroatoms. The molecule has 1 heterocycles. The number of nitro benzene ring substituents is 1. The smallest absolute Gasteiger partial charge is 0.271 e. The van der Waals surface area contributed by atoms with Gasteiger partial charge in [-0.05, 0) is 114 Å². The number of non-ortho nitro benzene ring substituents is 1. The Labute approximate surface area is 261 Å². The second-order valence-corrected chi connectivity index (χ2v) is 11.7. The Morgan fingerprint density at radius 3 is 2.24 bits per heavy atom. The number of nitrogens with zero attached hydrogens (tertiary/aromatic N) is 3. The van der Waals surface area contributed by atoms with Gasteiger partial charge in [0.1, 0.15) is 6.61 Å². The standard InChI is InChI=1S/C32H26IN3O5S/c1-20-4-10-24(11-5-20)34-32-35(25-12-6-21(2)7-13-25)31(37)29(42-32)18-23-16-27(33)30(28(17-23)40-3)41-19-22-8-14-26(15-9-22)36(38)39/h4-18H,19H2,1-3H3/b29-18-,34-32?. The van der Waals surface area contributed by atoms with Crippen LogP contribution in [-0.4, -0.2) is 23.1 Å². The van der Waals surface area contributed by atoms with Gasteiger partial charge in [-0.1, -0.05) is 35.4 Å². The second-order valence-electron chi connectivity index (χ2n) is 9.56. The Kier molecular flexibility index (Phi) is 8.93. The van der Waals surface area contributed by atoms with E-state index < -0.39 is 4.92 Å². The highest BCUT2D eigenvalue weighted by molar-refractivity contribution is 14.1. The maximum absolute atomic E-state index is 13.7. The van der Waals surface area contributed by atoms with Crippen LogP contribution in [0.3, 0.4) is 0 Å². The van der Waals surface area contributed by atoms with Gasteiger partial charge < -0.3 is 9.47 Å². The first-order valence-corrected chi connectivity index (χ1v) is 14.8. The van der Waals surface area contributed by atoms with E-state index in [1.807, 2.05) is 80.6 Å². The third-order valence-electron chi connectivity index (χ3n) is 6.44. The van der Waals surface area contributed by atoms with Crippen molar-refractivity contribution in [3.63, 3.8) is 0 Å². The van der Waals surface area contributed by atoms with E-state index in [4.69, 9.17) is 14.5 Å². The number of ether oxygens (including phenoxy) is 2. The van der Waals surface area contributed by atoms with Crippen molar-refractivity contribution in [3.8, 4) is 11.5 Å². The summed E-state index contributed by atoms with van der Waals surface area (Å²) in [6.07, 6.45) is 1.83. The molecular weight excluding hydrogens is 665 g/mol. The van der Waals surface area contributed by atoms with Crippen LogP contribution >= 0.6 is 34.4 Å². The summed E-state index contributed by atoms with van der Waals surface area (Å²) in [5, 5.41) is 11.5. The number of thioether (sulfide) groups is 1. The maximum atomic E-state index is 13.7. The van der Waals surface area contributed by atoms with E-state index in [1.165, 1.54) is 23.9 Å². The molecular formula is C32H26IN3O5S. The predicted octanol–water partition coefficient (Wildman–Crippen LogP) is 8.21. The first-order chi connectivity index (χ1) is 20.2. The minimum absolute atomic E-state index is 0.0237. The lowest BCUT2D eigenvalue weighted by Crippen LogP contribution is -2.28. The van der Waals surface area contributed by atoms with Crippen LogP contribution in [0.25, 0.3) is 6.08 Å². The molecule has 0 radical (unpaired) electrons. The van der Waals surface area contributed by atoms with Gasteiger partial charge in [-0.2, -0.15) is 0 Å². The van der Waals surface area contributed by atoms with Crippen LogP contribution < -0.4 is 14.4 Å². The number of rotatable bonds is 8. The molecule has 0 atom stereocenters. The zero-order valence-corrected chi connectivity index (χ0v) is 26.0. The first kappa shape index (κ1) is 29.3. The van der Waals surface area contributed by atoms with Crippen molar-refractivity contribution in [1.82, 2.24) is 0 Å². The normalized spacial score (nSPS) is 15.0. The van der Waals surface area contributed by atoms with Gasteiger partial charge in [-0.15, -0.1) is 0 Å². The molecule has 0 unspecified atom stereocenters. The van der Waals surface area contributed by atoms with E-state index in [-0.39, 0.29) is 18.2 Å². The quantitative estimate of drug-likeness (QED) is 0.0801. The van der Waals surface area contributed by atoms with Crippen LogP contribution in [0.15, 0.2) is 94.8 Å². The first-order valence-electron chi connectivity index (χ1n) is 12.9. The number of hydrogen-bond donors (Lipinski definition) is 0. The number of amidine groups is 1. The van der Waals surface area contributed by atoms with Crippen LogP contribution in [0.2, 0.25) is 0 Å². The Hall–Kier alpha value is -4.16. The van der Waals surface area contributed by atoms with Crippen molar-refractivity contribution in [2.24, 2.45) is 4.99 Å². The highest BCUT2D eigenvalue weighted by Gasteiger charge is 2.35. The highest BCUT2D eigenvalue weighted by atomic mass is 127. The van der Waals surface area contributed by atoms with Crippen LogP contribution in [0, 0.1) is 27.5 Å². The minimum Gasteiger partial charge on any atom is -0.493 e. The molecule has 1 fully saturated rings. The number of anilines is 1. The number of hydrogen-bond acceptors (Lipinski definition) is 7. The molecule has 4 aromatic rings. The molecule has 1 amide bonds. The summed E-state index contributed by atoms with van der Waals surface area (Å²) in [5.74, 6) is 0.893. The average Bonchev–Trinajstić information content (AvgIpc) is 3.27. The topological polar surface area (TPSA) is 94.3 Å². The summed E-state index contributed by atoms with van der Waals surface area (Å²) < 4.78 is 12.5. The summed E-state index contributed by atoms with van der Waals surface area (Å²) in [6, 6.07) is 25.6. The largest absolute Gasteiger partial charge is 0.493 e. The monoisotopic (exact) mass is 691 g/mol. The van der Waals surface area contributed by atoms with Crippen LogP contribution in [0.1, 0.15) is 22.3 Å². The van der Waals surface area contributed by atoms with Crippen LogP contribution in [0.5, 0.6) is 11.5 Å². The van der Waals surface area contributed by atoms with E-state index in [9.17, 15) is 14.9 Å². The molecule has 42 heavy (non-hydrogen) atoms. The number of carbonyl (C=O) groups is 1. The number of benzene rings is 4. The number of amides is 1. The molecule has 8 nitrogen and oxygen atoms in total. The Balaban J connectivity index is 1.44. The predicted molar refractivity (Wildman–Crippen MR) is 176 cm³/mol. The average molecular weight is 692 g/mol. The maximum Gasteiger partial charge on any atom is 0.271 e. The number of carbonyl (C=O) groups excluding carboxylic acids is 1. The van der Waals surface area contributed by atoms with Crippen LogP contribution in [-0.2, 0) is 11.4 Å². The van der Waals surface area contributed by atoms with Gasteiger partial charge in [0, 0.05) is 12.1 Å².